The van der Waals surface area contributed by atoms with Crippen LogP contribution < -0.4 is 10.6 Å². The molecule has 0 fully saturated rings. The fourth-order valence-corrected chi connectivity index (χ4v) is 2.19. The zero-order valence-electron chi connectivity index (χ0n) is 13.3. The van der Waals surface area contributed by atoms with E-state index in [-0.39, 0.29) is 0 Å². The largest absolute Gasteiger partial charge is 0.370 e. The van der Waals surface area contributed by atoms with Gasteiger partial charge in [-0.2, -0.15) is 0 Å². The first-order valence-electron chi connectivity index (χ1n) is 7.59. The Hall–Kier alpha value is -2.10. The lowest BCUT2D eigenvalue weighted by Crippen LogP contribution is -2.06. The Balaban J connectivity index is 2.31. The molecule has 1 aromatic carbocycles. The number of rotatable bonds is 6. The van der Waals surface area contributed by atoms with Gasteiger partial charge in [0, 0.05) is 24.7 Å². The van der Waals surface area contributed by atoms with Gasteiger partial charge in [-0.15, -0.1) is 0 Å². The van der Waals surface area contributed by atoms with E-state index in [1.54, 1.807) is 0 Å². The first kappa shape index (κ1) is 15.3. The predicted molar refractivity (Wildman–Crippen MR) is 89.4 cm³/mol. The van der Waals surface area contributed by atoms with E-state index in [1.807, 2.05) is 6.07 Å². The van der Waals surface area contributed by atoms with Gasteiger partial charge in [0.15, 0.2) is 0 Å². The first-order chi connectivity index (χ1) is 10.1. The maximum Gasteiger partial charge on any atom is 0.136 e. The Kier molecular flexibility index (Phi) is 5.14. The summed E-state index contributed by atoms with van der Waals surface area (Å²) in [5.74, 6) is 2.60. The smallest absolute Gasteiger partial charge is 0.136 e. The van der Waals surface area contributed by atoms with Gasteiger partial charge in [-0.1, -0.05) is 19.1 Å². The molecule has 4 nitrogen and oxygen atoms in total. The molecular formula is C17H24N4. The molecule has 2 N–H and O–H groups in total. The van der Waals surface area contributed by atoms with Crippen molar-refractivity contribution in [3.63, 3.8) is 0 Å². The van der Waals surface area contributed by atoms with Gasteiger partial charge < -0.3 is 10.6 Å². The van der Waals surface area contributed by atoms with Crippen LogP contribution in [0, 0.1) is 13.8 Å². The molecule has 21 heavy (non-hydrogen) atoms. The summed E-state index contributed by atoms with van der Waals surface area (Å²) < 4.78 is 0. The standard InChI is InChI=1S/C17H24N4/c1-5-8-15-20-16(18-6-2)11-17(21-15)19-14-10-7-9-12(3)13(14)4/h7,9-11H,5-6,8H2,1-4H3,(H2,18,19,20,21). The lowest BCUT2D eigenvalue weighted by atomic mass is 10.1. The molecule has 0 amide bonds. The van der Waals surface area contributed by atoms with E-state index in [4.69, 9.17) is 0 Å². The summed E-state index contributed by atoms with van der Waals surface area (Å²) in [7, 11) is 0. The van der Waals surface area contributed by atoms with E-state index < -0.39 is 0 Å². The number of anilines is 3. The summed E-state index contributed by atoms with van der Waals surface area (Å²) >= 11 is 0. The molecule has 2 aromatic rings. The van der Waals surface area contributed by atoms with Crippen molar-refractivity contribution in [1.82, 2.24) is 9.97 Å². The monoisotopic (exact) mass is 284 g/mol. The van der Waals surface area contributed by atoms with E-state index >= 15 is 0 Å². The topological polar surface area (TPSA) is 49.8 Å². The van der Waals surface area contributed by atoms with Crippen LogP contribution in [-0.4, -0.2) is 16.5 Å². The van der Waals surface area contributed by atoms with Gasteiger partial charge in [-0.25, -0.2) is 9.97 Å². The Morgan fingerprint density at radius 2 is 1.81 bits per heavy atom. The highest BCUT2D eigenvalue weighted by molar-refractivity contribution is 5.63. The quantitative estimate of drug-likeness (QED) is 0.833. The molecule has 0 aliphatic heterocycles. The average molecular weight is 284 g/mol. The Bertz CT molecular complexity index is 583. The van der Waals surface area contributed by atoms with Crippen LogP contribution in [0.2, 0.25) is 0 Å². The molecule has 0 aliphatic rings. The number of nitrogens with one attached hydrogen (secondary N) is 2. The summed E-state index contributed by atoms with van der Waals surface area (Å²) in [5, 5.41) is 6.69. The number of hydrogen-bond donors (Lipinski definition) is 2. The van der Waals surface area contributed by atoms with Gasteiger partial charge in [0.1, 0.15) is 17.5 Å². The van der Waals surface area contributed by atoms with E-state index in [0.717, 1.165) is 42.5 Å². The first-order valence-corrected chi connectivity index (χ1v) is 7.59. The number of aryl methyl sites for hydroxylation is 2. The molecule has 0 saturated carbocycles. The van der Waals surface area contributed by atoms with Crippen LogP contribution in [0.3, 0.4) is 0 Å². The summed E-state index contributed by atoms with van der Waals surface area (Å²) in [5.41, 5.74) is 3.62. The molecule has 0 radical (unpaired) electrons. The van der Waals surface area contributed by atoms with E-state index in [0.29, 0.717) is 0 Å². The van der Waals surface area contributed by atoms with Gasteiger partial charge in [0.05, 0.1) is 0 Å². The second-order valence-electron chi connectivity index (χ2n) is 5.21. The van der Waals surface area contributed by atoms with Crippen LogP contribution in [0.15, 0.2) is 24.3 Å². The molecule has 0 atom stereocenters. The molecule has 4 heteroatoms. The van der Waals surface area contributed by atoms with Crippen molar-refractivity contribution < 1.29 is 0 Å². The molecular weight excluding hydrogens is 260 g/mol. The highest BCUT2D eigenvalue weighted by Crippen LogP contribution is 2.23. The SMILES string of the molecule is CCCc1nc(NCC)cc(Nc2cccc(C)c2C)n1. The molecule has 0 spiro atoms. The van der Waals surface area contributed by atoms with Crippen LogP contribution in [0.4, 0.5) is 17.3 Å². The predicted octanol–water partition coefficient (Wildman–Crippen LogP) is 4.22. The summed E-state index contributed by atoms with van der Waals surface area (Å²) in [6, 6.07) is 8.22. The van der Waals surface area contributed by atoms with Crippen molar-refractivity contribution in [2.45, 2.75) is 40.5 Å². The lowest BCUT2D eigenvalue weighted by molar-refractivity contribution is 0.836. The van der Waals surface area contributed by atoms with Crippen LogP contribution in [0.25, 0.3) is 0 Å². The second-order valence-corrected chi connectivity index (χ2v) is 5.21. The molecule has 1 aromatic heterocycles. The van der Waals surface area contributed by atoms with Crippen molar-refractivity contribution in [2.75, 3.05) is 17.2 Å². The molecule has 1 heterocycles. The number of nitrogens with zero attached hydrogens (tertiary/aromatic N) is 2. The fraction of sp³-hybridized carbons (Fsp3) is 0.412. The summed E-state index contributed by atoms with van der Waals surface area (Å²) in [4.78, 5) is 9.14. The minimum Gasteiger partial charge on any atom is -0.370 e. The fourth-order valence-electron chi connectivity index (χ4n) is 2.19. The Labute approximate surface area is 127 Å². The van der Waals surface area contributed by atoms with Crippen molar-refractivity contribution in [3.05, 3.63) is 41.2 Å². The number of hydrogen-bond acceptors (Lipinski definition) is 4. The van der Waals surface area contributed by atoms with Crippen LogP contribution in [0.1, 0.15) is 37.2 Å². The molecule has 0 aliphatic carbocycles. The van der Waals surface area contributed by atoms with Crippen LogP contribution >= 0.6 is 0 Å². The number of aromatic nitrogens is 2. The van der Waals surface area contributed by atoms with Crippen molar-refractivity contribution in [2.24, 2.45) is 0 Å². The van der Waals surface area contributed by atoms with E-state index in [9.17, 15) is 0 Å². The molecule has 2 rings (SSSR count). The second kappa shape index (κ2) is 7.07. The molecule has 0 saturated heterocycles. The molecule has 0 unspecified atom stereocenters. The molecule has 0 bridgehead atoms. The van der Waals surface area contributed by atoms with Crippen molar-refractivity contribution in [3.8, 4) is 0 Å². The number of benzene rings is 1. The van der Waals surface area contributed by atoms with Crippen molar-refractivity contribution >= 4 is 17.3 Å². The maximum absolute atomic E-state index is 4.61. The van der Waals surface area contributed by atoms with Gasteiger partial charge >= 0.3 is 0 Å². The maximum atomic E-state index is 4.61. The van der Waals surface area contributed by atoms with Gasteiger partial charge in [0.25, 0.3) is 0 Å². The summed E-state index contributed by atoms with van der Waals surface area (Å²) in [6.07, 6.45) is 1.93. The van der Waals surface area contributed by atoms with E-state index in [2.05, 4.69) is 66.5 Å². The van der Waals surface area contributed by atoms with E-state index in [1.165, 1.54) is 11.1 Å². The Morgan fingerprint density at radius 3 is 2.52 bits per heavy atom. The van der Waals surface area contributed by atoms with Crippen LogP contribution in [0.5, 0.6) is 0 Å². The highest BCUT2D eigenvalue weighted by Gasteiger charge is 2.06. The molecule has 112 valence electrons. The van der Waals surface area contributed by atoms with Gasteiger partial charge in [-0.05, 0) is 44.4 Å². The Morgan fingerprint density at radius 1 is 1.05 bits per heavy atom. The zero-order valence-corrected chi connectivity index (χ0v) is 13.3. The third-order valence-electron chi connectivity index (χ3n) is 3.47. The van der Waals surface area contributed by atoms with Gasteiger partial charge in [0.2, 0.25) is 0 Å². The van der Waals surface area contributed by atoms with Gasteiger partial charge in [-0.3, -0.25) is 0 Å². The minimum absolute atomic E-state index is 0.845. The normalized spacial score (nSPS) is 10.5. The zero-order chi connectivity index (χ0) is 15.2. The van der Waals surface area contributed by atoms with Crippen LogP contribution in [-0.2, 0) is 6.42 Å². The third-order valence-corrected chi connectivity index (χ3v) is 3.47. The highest BCUT2D eigenvalue weighted by atomic mass is 15.1. The third kappa shape index (κ3) is 3.94. The average Bonchev–Trinajstić information content (AvgIpc) is 2.44. The lowest BCUT2D eigenvalue weighted by Gasteiger charge is -2.13. The van der Waals surface area contributed by atoms with Crippen molar-refractivity contribution in [1.29, 1.82) is 0 Å². The summed E-state index contributed by atoms with van der Waals surface area (Å²) in [6.45, 7) is 9.30. The minimum atomic E-state index is 0.845.